The van der Waals surface area contributed by atoms with Crippen molar-refractivity contribution in [1.29, 1.82) is 0 Å². The van der Waals surface area contributed by atoms with Crippen molar-refractivity contribution >= 4 is 6.29 Å². The van der Waals surface area contributed by atoms with Crippen molar-refractivity contribution < 1.29 is 14.6 Å². The van der Waals surface area contributed by atoms with Gasteiger partial charge < -0.3 is 14.6 Å². The average molecular weight is 188 g/mol. The molecular weight excluding hydrogens is 168 g/mol. The summed E-state index contributed by atoms with van der Waals surface area (Å²) in [6.07, 6.45) is 5.64. The Morgan fingerprint density at radius 1 is 1.31 bits per heavy atom. The zero-order valence-corrected chi connectivity index (χ0v) is 8.53. The van der Waals surface area contributed by atoms with Crippen LogP contribution in [0.3, 0.4) is 0 Å². The zero-order valence-electron chi connectivity index (χ0n) is 8.53. The Kier molecular flexibility index (Phi) is 7.94. The molecule has 13 heavy (non-hydrogen) atoms. The van der Waals surface area contributed by atoms with Crippen LogP contribution in [-0.4, -0.2) is 31.7 Å². The van der Waals surface area contributed by atoms with Gasteiger partial charge >= 0.3 is 0 Å². The fourth-order valence-corrected chi connectivity index (χ4v) is 1.59. The van der Waals surface area contributed by atoms with E-state index in [0.717, 1.165) is 12.8 Å². The second kappa shape index (κ2) is 8.20. The maximum Gasteiger partial charge on any atom is 0.148 e. The van der Waals surface area contributed by atoms with Gasteiger partial charge in [0, 0.05) is 14.2 Å². The standard InChI is InChI=1S/C8H14O2.C2H6O/c9-6-8(10)7-4-2-1-3-5-7;1-3-2/h6-8,10H,1-5H2;1-2H3. The van der Waals surface area contributed by atoms with Gasteiger partial charge in [-0.1, -0.05) is 19.3 Å². The average Bonchev–Trinajstić information content (AvgIpc) is 2.19. The maximum absolute atomic E-state index is 10.2. The number of methoxy groups -OCH3 is 1. The minimum absolute atomic E-state index is 0.256. The molecule has 3 heteroatoms. The summed E-state index contributed by atoms with van der Waals surface area (Å²) in [4.78, 5) is 10.2. The summed E-state index contributed by atoms with van der Waals surface area (Å²) < 4.78 is 4.25. The Hall–Kier alpha value is -0.410. The quantitative estimate of drug-likeness (QED) is 0.666. The first-order chi connectivity index (χ1) is 6.26. The topological polar surface area (TPSA) is 46.5 Å². The van der Waals surface area contributed by atoms with Gasteiger partial charge in [0.2, 0.25) is 0 Å². The number of carbonyl (C=O) groups is 1. The summed E-state index contributed by atoms with van der Waals surface area (Å²) in [7, 11) is 3.25. The molecule has 0 saturated heterocycles. The molecule has 1 atom stereocenters. The fourth-order valence-electron chi connectivity index (χ4n) is 1.59. The lowest BCUT2D eigenvalue weighted by Gasteiger charge is -2.22. The van der Waals surface area contributed by atoms with Gasteiger partial charge in [0.1, 0.15) is 12.4 Å². The van der Waals surface area contributed by atoms with E-state index in [4.69, 9.17) is 5.11 Å². The van der Waals surface area contributed by atoms with E-state index in [1.165, 1.54) is 19.3 Å². The van der Waals surface area contributed by atoms with E-state index >= 15 is 0 Å². The molecule has 1 N–H and O–H groups in total. The highest BCUT2D eigenvalue weighted by Gasteiger charge is 2.20. The normalized spacial score (nSPS) is 19.9. The lowest BCUT2D eigenvalue weighted by Crippen LogP contribution is -2.23. The summed E-state index contributed by atoms with van der Waals surface area (Å²) in [5.74, 6) is 0.256. The Morgan fingerprint density at radius 2 is 1.77 bits per heavy atom. The Balaban J connectivity index is 0.000000424. The second-order valence-electron chi connectivity index (χ2n) is 3.43. The number of aliphatic hydroxyl groups excluding tert-OH is 1. The number of aliphatic hydroxyl groups is 1. The van der Waals surface area contributed by atoms with Crippen LogP contribution in [0, 0.1) is 5.92 Å². The zero-order chi connectivity index (χ0) is 10.1. The van der Waals surface area contributed by atoms with E-state index in [-0.39, 0.29) is 5.92 Å². The fraction of sp³-hybridized carbons (Fsp3) is 0.900. The third-order valence-corrected chi connectivity index (χ3v) is 2.27. The summed E-state index contributed by atoms with van der Waals surface area (Å²) >= 11 is 0. The SMILES string of the molecule is COC.O=CC(O)C1CCCCC1. The van der Waals surface area contributed by atoms with Crippen LogP contribution in [0.4, 0.5) is 0 Å². The molecule has 1 fully saturated rings. The Bertz CT molecular complexity index is 119. The number of aldehydes is 1. The van der Waals surface area contributed by atoms with Gasteiger partial charge in [0.05, 0.1) is 0 Å². The van der Waals surface area contributed by atoms with Crippen molar-refractivity contribution in [3.05, 3.63) is 0 Å². The minimum Gasteiger partial charge on any atom is -0.388 e. The number of rotatable bonds is 2. The van der Waals surface area contributed by atoms with Crippen LogP contribution in [0.5, 0.6) is 0 Å². The molecule has 78 valence electrons. The molecule has 0 aromatic rings. The number of hydrogen-bond acceptors (Lipinski definition) is 3. The molecule has 1 saturated carbocycles. The summed E-state index contributed by atoms with van der Waals surface area (Å²) in [5, 5.41) is 9.11. The molecule has 0 aliphatic heterocycles. The molecule has 0 spiro atoms. The summed E-state index contributed by atoms with van der Waals surface area (Å²) in [5.41, 5.74) is 0. The van der Waals surface area contributed by atoms with Crippen LogP contribution < -0.4 is 0 Å². The van der Waals surface area contributed by atoms with E-state index in [2.05, 4.69) is 4.74 Å². The predicted octanol–water partition coefficient (Wildman–Crippen LogP) is 1.39. The molecule has 0 radical (unpaired) electrons. The molecule has 0 heterocycles. The molecule has 0 bridgehead atoms. The lowest BCUT2D eigenvalue weighted by molar-refractivity contribution is -0.117. The van der Waals surface area contributed by atoms with E-state index in [1.54, 1.807) is 14.2 Å². The Labute approximate surface area is 80.1 Å². The maximum atomic E-state index is 10.2. The van der Waals surface area contributed by atoms with Crippen molar-refractivity contribution in [1.82, 2.24) is 0 Å². The Morgan fingerprint density at radius 3 is 2.15 bits per heavy atom. The first-order valence-corrected chi connectivity index (χ1v) is 4.79. The summed E-state index contributed by atoms with van der Waals surface area (Å²) in [6.45, 7) is 0. The van der Waals surface area contributed by atoms with Crippen molar-refractivity contribution in [2.24, 2.45) is 5.92 Å². The highest BCUT2D eigenvalue weighted by Crippen LogP contribution is 2.25. The van der Waals surface area contributed by atoms with Gasteiger partial charge in [-0.3, -0.25) is 0 Å². The van der Waals surface area contributed by atoms with Gasteiger partial charge in [-0.2, -0.15) is 0 Å². The number of carbonyl (C=O) groups excluding carboxylic acids is 1. The van der Waals surface area contributed by atoms with Crippen molar-refractivity contribution in [2.45, 2.75) is 38.2 Å². The monoisotopic (exact) mass is 188 g/mol. The second-order valence-corrected chi connectivity index (χ2v) is 3.43. The van der Waals surface area contributed by atoms with Crippen LogP contribution >= 0.6 is 0 Å². The van der Waals surface area contributed by atoms with Crippen LogP contribution in [0.1, 0.15) is 32.1 Å². The minimum atomic E-state index is -0.694. The lowest BCUT2D eigenvalue weighted by atomic mass is 9.86. The molecule has 1 aliphatic rings. The van der Waals surface area contributed by atoms with Crippen molar-refractivity contribution in [2.75, 3.05) is 14.2 Å². The predicted molar refractivity (Wildman–Crippen MR) is 51.6 cm³/mol. The van der Waals surface area contributed by atoms with Gasteiger partial charge in [-0.25, -0.2) is 0 Å². The number of hydrogen-bond donors (Lipinski definition) is 1. The third kappa shape index (κ3) is 5.77. The van der Waals surface area contributed by atoms with Gasteiger partial charge in [0.25, 0.3) is 0 Å². The molecule has 1 unspecified atom stereocenters. The highest BCUT2D eigenvalue weighted by molar-refractivity contribution is 5.56. The van der Waals surface area contributed by atoms with Crippen molar-refractivity contribution in [3.63, 3.8) is 0 Å². The summed E-state index contributed by atoms with van der Waals surface area (Å²) in [6, 6.07) is 0. The molecule has 0 aromatic carbocycles. The van der Waals surface area contributed by atoms with Gasteiger partial charge in [-0.15, -0.1) is 0 Å². The number of ether oxygens (including phenoxy) is 1. The van der Waals surface area contributed by atoms with Crippen LogP contribution in [0.15, 0.2) is 0 Å². The van der Waals surface area contributed by atoms with Crippen LogP contribution in [-0.2, 0) is 9.53 Å². The smallest absolute Gasteiger partial charge is 0.148 e. The van der Waals surface area contributed by atoms with E-state index in [1.807, 2.05) is 0 Å². The van der Waals surface area contributed by atoms with E-state index in [9.17, 15) is 4.79 Å². The van der Waals surface area contributed by atoms with Crippen LogP contribution in [0.25, 0.3) is 0 Å². The van der Waals surface area contributed by atoms with Crippen LogP contribution in [0.2, 0.25) is 0 Å². The van der Waals surface area contributed by atoms with E-state index in [0.29, 0.717) is 6.29 Å². The van der Waals surface area contributed by atoms with Gasteiger partial charge in [-0.05, 0) is 18.8 Å². The first kappa shape index (κ1) is 12.6. The largest absolute Gasteiger partial charge is 0.388 e. The third-order valence-electron chi connectivity index (χ3n) is 2.27. The van der Waals surface area contributed by atoms with Gasteiger partial charge in [0.15, 0.2) is 0 Å². The highest BCUT2D eigenvalue weighted by atomic mass is 16.4. The molecular formula is C10H20O3. The first-order valence-electron chi connectivity index (χ1n) is 4.79. The van der Waals surface area contributed by atoms with Crippen molar-refractivity contribution in [3.8, 4) is 0 Å². The molecule has 1 aliphatic carbocycles. The molecule has 3 nitrogen and oxygen atoms in total. The molecule has 1 rings (SSSR count). The molecule has 0 aromatic heterocycles. The molecule has 0 amide bonds. The van der Waals surface area contributed by atoms with E-state index < -0.39 is 6.10 Å².